The van der Waals surface area contributed by atoms with Crippen LogP contribution in [0.2, 0.25) is 0 Å². The average Bonchev–Trinajstić information content (AvgIpc) is 2.77. The van der Waals surface area contributed by atoms with Crippen LogP contribution < -0.4 is 9.47 Å². The van der Waals surface area contributed by atoms with E-state index in [0.717, 1.165) is 24.1 Å². The molecule has 1 aromatic carbocycles. The monoisotopic (exact) mass is 327 g/mol. The highest BCUT2D eigenvalue weighted by Crippen LogP contribution is 2.48. The highest BCUT2D eigenvalue weighted by Gasteiger charge is 2.47. The molecule has 0 spiro atoms. The molecule has 0 N–H and O–H groups in total. The fourth-order valence-corrected chi connectivity index (χ4v) is 5.61. The summed E-state index contributed by atoms with van der Waals surface area (Å²) in [6.45, 7) is 2.87. The number of hydrogen-bond acceptors (Lipinski definition) is 3. The van der Waals surface area contributed by atoms with Crippen LogP contribution in [0.25, 0.3) is 0 Å². The van der Waals surface area contributed by atoms with Crippen LogP contribution in [0.15, 0.2) is 24.3 Å². The molecule has 6 atom stereocenters. The van der Waals surface area contributed by atoms with Crippen LogP contribution in [0, 0.1) is 17.8 Å². The van der Waals surface area contributed by atoms with Crippen LogP contribution in [0.1, 0.15) is 39.0 Å². The van der Waals surface area contributed by atoms with E-state index in [1.165, 1.54) is 32.1 Å². The first kappa shape index (κ1) is 14.6. The molecule has 4 fully saturated rings. The van der Waals surface area contributed by atoms with E-state index in [2.05, 4.69) is 4.90 Å². The standard InChI is InChI=1S/C20H25NO3/c1-12-19(24-18-5-3-2-4-17(18)23-12)20(22)21-11-15-7-13-6-14(8-15)10-16(21)9-13/h2-5,12-16,19H,6-11H2,1H3/t12-,13-,14+,15?,16?,19-/m0/s1. The number of benzene rings is 1. The van der Waals surface area contributed by atoms with Crippen LogP contribution in [-0.4, -0.2) is 35.6 Å². The zero-order valence-corrected chi connectivity index (χ0v) is 14.2. The molecule has 4 nitrogen and oxygen atoms in total. The van der Waals surface area contributed by atoms with Gasteiger partial charge in [0.2, 0.25) is 6.10 Å². The van der Waals surface area contributed by atoms with Crippen molar-refractivity contribution in [3.05, 3.63) is 24.3 Å². The lowest BCUT2D eigenvalue weighted by Crippen LogP contribution is -2.54. The van der Waals surface area contributed by atoms with Crippen molar-refractivity contribution in [2.45, 2.75) is 57.3 Å². The summed E-state index contributed by atoms with van der Waals surface area (Å²) >= 11 is 0. The number of ether oxygens (including phenoxy) is 2. The fraction of sp³-hybridized carbons (Fsp3) is 0.650. The number of carbonyl (C=O) groups excluding carboxylic acids is 1. The second-order valence-corrected chi connectivity index (χ2v) is 8.23. The van der Waals surface area contributed by atoms with Gasteiger partial charge in [0.1, 0.15) is 6.10 Å². The van der Waals surface area contributed by atoms with Gasteiger partial charge < -0.3 is 14.4 Å². The van der Waals surface area contributed by atoms with Crippen molar-refractivity contribution in [1.82, 2.24) is 4.90 Å². The molecule has 1 aromatic rings. The lowest BCUT2D eigenvalue weighted by Gasteiger charge is -2.40. The second kappa shape index (κ2) is 5.40. The zero-order valence-electron chi connectivity index (χ0n) is 14.2. The van der Waals surface area contributed by atoms with Gasteiger partial charge in [0, 0.05) is 12.6 Å². The molecule has 0 radical (unpaired) electrons. The lowest BCUT2D eigenvalue weighted by atomic mass is 9.68. The summed E-state index contributed by atoms with van der Waals surface area (Å²) in [7, 11) is 0. The summed E-state index contributed by atoms with van der Waals surface area (Å²) in [4.78, 5) is 15.5. The number of hydrogen-bond donors (Lipinski definition) is 0. The molecule has 4 heteroatoms. The van der Waals surface area contributed by atoms with E-state index in [9.17, 15) is 4.79 Å². The molecule has 4 bridgehead atoms. The normalized spacial score (nSPS) is 39.6. The van der Waals surface area contributed by atoms with Gasteiger partial charge in [-0.3, -0.25) is 4.79 Å². The molecule has 24 heavy (non-hydrogen) atoms. The van der Waals surface area contributed by atoms with Crippen LogP contribution in [0.5, 0.6) is 11.5 Å². The molecule has 0 aromatic heterocycles. The van der Waals surface area contributed by atoms with Crippen molar-refractivity contribution in [3.8, 4) is 11.5 Å². The number of rotatable bonds is 1. The Morgan fingerprint density at radius 2 is 1.58 bits per heavy atom. The summed E-state index contributed by atoms with van der Waals surface area (Å²) in [6.07, 6.45) is 5.64. The van der Waals surface area contributed by atoms with E-state index in [1.807, 2.05) is 31.2 Å². The molecule has 2 saturated carbocycles. The van der Waals surface area contributed by atoms with E-state index >= 15 is 0 Å². The van der Waals surface area contributed by atoms with Gasteiger partial charge in [0.25, 0.3) is 5.91 Å². The summed E-state index contributed by atoms with van der Waals surface area (Å²) in [5, 5.41) is 0. The number of fused-ring (bicyclic) bond motifs is 2. The third kappa shape index (κ3) is 2.30. The molecule has 2 saturated heterocycles. The maximum atomic E-state index is 13.3. The molecule has 128 valence electrons. The smallest absolute Gasteiger partial charge is 0.267 e. The second-order valence-electron chi connectivity index (χ2n) is 8.23. The summed E-state index contributed by atoms with van der Waals surface area (Å²) in [6, 6.07) is 8.06. The third-order valence-electron chi connectivity index (χ3n) is 6.48. The Hall–Kier alpha value is -1.71. The minimum Gasteiger partial charge on any atom is -0.482 e. The Morgan fingerprint density at radius 3 is 2.29 bits per heavy atom. The zero-order chi connectivity index (χ0) is 16.3. The number of nitrogens with zero attached hydrogens (tertiary/aromatic N) is 1. The van der Waals surface area contributed by atoms with Crippen molar-refractivity contribution >= 4 is 5.91 Å². The van der Waals surface area contributed by atoms with Crippen molar-refractivity contribution in [2.75, 3.05) is 6.54 Å². The molecule has 3 aliphatic heterocycles. The maximum Gasteiger partial charge on any atom is 0.267 e. The Morgan fingerprint density at radius 1 is 0.958 bits per heavy atom. The summed E-state index contributed by atoms with van der Waals surface area (Å²) < 4.78 is 12.0. The Balaban J connectivity index is 1.40. The fourth-order valence-electron chi connectivity index (χ4n) is 5.61. The summed E-state index contributed by atoms with van der Waals surface area (Å²) in [5.74, 6) is 3.94. The first-order chi connectivity index (χ1) is 11.7. The van der Waals surface area contributed by atoms with Crippen LogP contribution in [0.4, 0.5) is 0 Å². The van der Waals surface area contributed by atoms with Crippen LogP contribution in [0.3, 0.4) is 0 Å². The molecular formula is C20H25NO3. The van der Waals surface area contributed by atoms with Crippen molar-refractivity contribution in [1.29, 1.82) is 0 Å². The van der Waals surface area contributed by atoms with Crippen LogP contribution in [-0.2, 0) is 4.79 Å². The number of amides is 1. The largest absolute Gasteiger partial charge is 0.482 e. The molecule has 2 aliphatic carbocycles. The lowest BCUT2D eigenvalue weighted by molar-refractivity contribution is -0.147. The Bertz CT molecular complexity index is 646. The van der Waals surface area contributed by atoms with Gasteiger partial charge >= 0.3 is 0 Å². The Labute approximate surface area is 143 Å². The van der Waals surface area contributed by atoms with Gasteiger partial charge in [-0.25, -0.2) is 0 Å². The van der Waals surface area contributed by atoms with Crippen LogP contribution >= 0.6 is 0 Å². The minimum absolute atomic E-state index is 0.134. The number of carbonyl (C=O) groups is 1. The van der Waals surface area contributed by atoms with E-state index in [1.54, 1.807) is 0 Å². The van der Waals surface area contributed by atoms with Gasteiger partial charge in [-0.1, -0.05) is 12.1 Å². The molecular weight excluding hydrogens is 302 g/mol. The molecule has 6 rings (SSSR count). The maximum absolute atomic E-state index is 13.3. The topological polar surface area (TPSA) is 38.8 Å². The predicted octanol–water partition coefficient (Wildman–Crippen LogP) is 3.25. The van der Waals surface area contributed by atoms with Gasteiger partial charge in [-0.05, 0) is 68.9 Å². The SMILES string of the molecule is C[C@@H]1Oc2ccccc2O[C@@H]1C(=O)N1CC2C[C@@H]3CC1C[C@H](C2)C3. The van der Waals surface area contributed by atoms with Crippen molar-refractivity contribution in [2.24, 2.45) is 17.8 Å². The average molecular weight is 327 g/mol. The predicted molar refractivity (Wildman–Crippen MR) is 90.0 cm³/mol. The highest BCUT2D eigenvalue weighted by atomic mass is 16.6. The number of para-hydroxylation sites is 2. The van der Waals surface area contributed by atoms with E-state index in [-0.39, 0.29) is 12.0 Å². The van der Waals surface area contributed by atoms with Gasteiger partial charge in [0.05, 0.1) is 0 Å². The van der Waals surface area contributed by atoms with Gasteiger partial charge in [-0.2, -0.15) is 0 Å². The van der Waals surface area contributed by atoms with Crippen molar-refractivity contribution in [3.63, 3.8) is 0 Å². The van der Waals surface area contributed by atoms with Gasteiger partial charge in [-0.15, -0.1) is 0 Å². The molecule has 5 aliphatic rings. The van der Waals surface area contributed by atoms with Gasteiger partial charge in [0.15, 0.2) is 11.5 Å². The van der Waals surface area contributed by atoms with E-state index in [4.69, 9.17) is 9.47 Å². The van der Waals surface area contributed by atoms with Crippen molar-refractivity contribution < 1.29 is 14.3 Å². The first-order valence-corrected chi connectivity index (χ1v) is 9.40. The molecule has 2 unspecified atom stereocenters. The summed E-state index contributed by atoms with van der Waals surface area (Å²) in [5.41, 5.74) is 0. The van der Waals surface area contributed by atoms with E-state index in [0.29, 0.717) is 17.7 Å². The van der Waals surface area contributed by atoms with E-state index < -0.39 is 6.10 Å². The highest BCUT2D eigenvalue weighted by molar-refractivity contribution is 5.83. The Kier molecular flexibility index (Phi) is 3.29. The third-order valence-corrected chi connectivity index (χ3v) is 6.48. The molecule has 1 amide bonds. The first-order valence-electron chi connectivity index (χ1n) is 9.40. The minimum atomic E-state index is -0.518. The molecule has 3 heterocycles. The quantitative estimate of drug-likeness (QED) is 0.795.